The predicted molar refractivity (Wildman–Crippen MR) is 109 cm³/mol. The Labute approximate surface area is 167 Å². The van der Waals surface area contributed by atoms with Crippen molar-refractivity contribution in [3.63, 3.8) is 0 Å². The van der Waals surface area contributed by atoms with Crippen LogP contribution in [0.25, 0.3) is 11.3 Å². The highest BCUT2D eigenvalue weighted by Crippen LogP contribution is 2.20. The van der Waals surface area contributed by atoms with Gasteiger partial charge in [-0.3, -0.25) is 9.59 Å². The number of nitrogens with zero attached hydrogens (tertiary/aromatic N) is 2. The largest absolute Gasteiger partial charge is 0.324 e. The smallest absolute Gasteiger partial charge is 0.267 e. The van der Waals surface area contributed by atoms with Gasteiger partial charge in [-0.1, -0.05) is 44.0 Å². The minimum absolute atomic E-state index is 0.154. The Balaban J connectivity index is 1.79. The number of nitrogens with one attached hydrogen (secondary N) is 1. The number of benzene rings is 2. The van der Waals surface area contributed by atoms with E-state index in [1.54, 1.807) is 12.1 Å². The van der Waals surface area contributed by atoms with Crippen molar-refractivity contribution < 1.29 is 4.79 Å². The summed E-state index contributed by atoms with van der Waals surface area (Å²) in [5.41, 5.74) is 2.85. The van der Waals surface area contributed by atoms with Gasteiger partial charge >= 0.3 is 0 Å². The van der Waals surface area contributed by atoms with Gasteiger partial charge in [-0.25, -0.2) is 4.68 Å². The standard InChI is InChI=1S/C19H15Br2N3O2/c1-12-10-15(6-7-16(12)21)22-18(25)11-24-19(26)9-8-17(23-24)13-2-4-14(20)5-3-13/h2-10H,11H2,1H3,(H,22,25). The van der Waals surface area contributed by atoms with Crippen LogP contribution < -0.4 is 10.9 Å². The lowest BCUT2D eigenvalue weighted by Crippen LogP contribution is -2.29. The van der Waals surface area contributed by atoms with E-state index in [0.29, 0.717) is 11.4 Å². The maximum atomic E-state index is 12.3. The fraction of sp³-hybridized carbons (Fsp3) is 0.105. The van der Waals surface area contributed by atoms with Crippen molar-refractivity contribution in [2.45, 2.75) is 13.5 Å². The Morgan fingerprint density at radius 1 is 1.08 bits per heavy atom. The van der Waals surface area contributed by atoms with Crippen molar-refractivity contribution in [2.24, 2.45) is 0 Å². The molecule has 132 valence electrons. The maximum absolute atomic E-state index is 12.3. The zero-order chi connectivity index (χ0) is 18.7. The monoisotopic (exact) mass is 475 g/mol. The number of carbonyl (C=O) groups excluding carboxylic acids is 1. The van der Waals surface area contributed by atoms with Gasteiger partial charge < -0.3 is 5.32 Å². The van der Waals surface area contributed by atoms with Crippen LogP contribution in [-0.2, 0) is 11.3 Å². The molecule has 5 nitrogen and oxygen atoms in total. The minimum Gasteiger partial charge on any atom is -0.324 e. The van der Waals surface area contributed by atoms with E-state index in [1.807, 2.05) is 43.3 Å². The van der Waals surface area contributed by atoms with Gasteiger partial charge in [-0.15, -0.1) is 0 Å². The molecule has 1 N–H and O–H groups in total. The molecule has 0 aliphatic heterocycles. The summed E-state index contributed by atoms with van der Waals surface area (Å²) in [6.45, 7) is 1.78. The zero-order valence-corrected chi connectivity index (χ0v) is 17.0. The van der Waals surface area contributed by atoms with Gasteiger partial charge in [-0.05, 0) is 48.9 Å². The third-order valence-corrected chi connectivity index (χ3v) is 5.16. The first-order valence-electron chi connectivity index (χ1n) is 7.82. The molecule has 26 heavy (non-hydrogen) atoms. The number of hydrogen-bond acceptors (Lipinski definition) is 3. The first-order chi connectivity index (χ1) is 12.4. The van der Waals surface area contributed by atoms with Gasteiger partial charge in [0.1, 0.15) is 6.54 Å². The molecule has 3 aromatic rings. The molecule has 0 aliphatic carbocycles. The quantitative estimate of drug-likeness (QED) is 0.607. The maximum Gasteiger partial charge on any atom is 0.267 e. The van der Waals surface area contributed by atoms with Crippen LogP contribution in [0.4, 0.5) is 5.69 Å². The molecule has 3 rings (SSSR count). The molecule has 0 saturated heterocycles. The average molecular weight is 477 g/mol. The second-order valence-electron chi connectivity index (χ2n) is 5.73. The summed E-state index contributed by atoms with van der Waals surface area (Å²) in [6.07, 6.45) is 0. The first kappa shape index (κ1) is 18.5. The molecule has 0 saturated carbocycles. The van der Waals surface area contributed by atoms with Crippen LogP contribution in [-0.4, -0.2) is 15.7 Å². The molecule has 0 bridgehead atoms. The number of halogens is 2. The molecule has 0 radical (unpaired) electrons. The topological polar surface area (TPSA) is 64.0 Å². The van der Waals surface area contributed by atoms with Gasteiger partial charge in [0.05, 0.1) is 5.69 Å². The van der Waals surface area contributed by atoms with E-state index in [-0.39, 0.29) is 18.0 Å². The van der Waals surface area contributed by atoms with E-state index in [4.69, 9.17) is 0 Å². The number of aromatic nitrogens is 2. The van der Waals surface area contributed by atoms with Crippen molar-refractivity contribution >= 4 is 43.5 Å². The second kappa shape index (κ2) is 7.97. The Bertz CT molecular complexity index is 1010. The number of rotatable bonds is 4. The summed E-state index contributed by atoms with van der Waals surface area (Å²) in [5.74, 6) is -0.311. The van der Waals surface area contributed by atoms with Crippen LogP contribution in [0.1, 0.15) is 5.56 Å². The average Bonchev–Trinajstić information content (AvgIpc) is 2.61. The lowest BCUT2D eigenvalue weighted by molar-refractivity contribution is -0.117. The molecule has 0 aliphatic rings. The van der Waals surface area contributed by atoms with Gasteiger partial charge in [0, 0.05) is 26.3 Å². The molecule has 0 fully saturated rings. The van der Waals surface area contributed by atoms with Crippen LogP contribution in [0.5, 0.6) is 0 Å². The molecule has 1 heterocycles. The van der Waals surface area contributed by atoms with Crippen molar-refractivity contribution in [1.29, 1.82) is 0 Å². The van der Waals surface area contributed by atoms with Crippen molar-refractivity contribution in [1.82, 2.24) is 9.78 Å². The third-order valence-electron chi connectivity index (χ3n) is 3.74. The lowest BCUT2D eigenvalue weighted by Gasteiger charge is -2.09. The molecule has 7 heteroatoms. The molecule has 2 aromatic carbocycles. The highest BCUT2D eigenvalue weighted by molar-refractivity contribution is 9.10. The first-order valence-corrected chi connectivity index (χ1v) is 9.41. The highest BCUT2D eigenvalue weighted by atomic mass is 79.9. The number of hydrogen-bond donors (Lipinski definition) is 1. The predicted octanol–water partition coefficient (Wildman–Crippen LogP) is 4.38. The summed E-state index contributed by atoms with van der Waals surface area (Å²) < 4.78 is 3.09. The molecule has 1 amide bonds. The van der Waals surface area contributed by atoms with Crippen LogP contribution in [0.15, 0.2) is 68.3 Å². The van der Waals surface area contributed by atoms with Gasteiger partial charge in [0.15, 0.2) is 0 Å². The summed E-state index contributed by atoms with van der Waals surface area (Å²) in [4.78, 5) is 24.3. The van der Waals surface area contributed by atoms with Gasteiger partial charge in [0.2, 0.25) is 5.91 Å². The lowest BCUT2D eigenvalue weighted by atomic mass is 10.1. The Morgan fingerprint density at radius 3 is 2.50 bits per heavy atom. The van der Waals surface area contributed by atoms with E-state index in [9.17, 15) is 9.59 Å². The fourth-order valence-electron chi connectivity index (χ4n) is 2.40. The fourth-order valence-corrected chi connectivity index (χ4v) is 2.91. The number of carbonyl (C=O) groups is 1. The normalized spacial score (nSPS) is 10.6. The van der Waals surface area contributed by atoms with Gasteiger partial charge in [-0.2, -0.15) is 5.10 Å². The molecular weight excluding hydrogens is 462 g/mol. The van der Waals surface area contributed by atoms with Crippen LogP contribution in [0, 0.1) is 6.92 Å². The summed E-state index contributed by atoms with van der Waals surface area (Å²) in [6, 6.07) is 16.2. The second-order valence-corrected chi connectivity index (χ2v) is 7.50. The van der Waals surface area contributed by atoms with Crippen molar-refractivity contribution in [3.05, 3.63) is 79.5 Å². The van der Waals surface area contributed by atoms with E-state index < -0.39 is 0 Å². The van der Waals surface area contributed by atoms with Crippen molar-refractivity contribution in [2.75, 3.05) is 5.32 Å². The highest BCUT2D eigenvalue weighted by Gasteiger charge is 2.09. The number of anilines is 1. The number of amides is 1. The van der Waals surface area contributed by atoms with E-state index >= 15 is 0 Å². The van der Waals surface area contributed by atoms with Gasteiger partial charge in [0.25, 0.3) is 5.56 Å². The van der Waals surface area contributed by atoms with Crippen LogP contribution >= 0.6 is 31.9 Å². The van der Waals surface area contributed by atoms with Crippen LogP contribution in [0.2, 0.25) is 0 Å². The van der Waals surface area contributed by atoms with Crippen molar-refractivity contribution in [3.8, 4) is 11.3 Å². The number of aryl methyl sites for hydroxylation is 1. The summed E-state index contributed by atoms with van der Waals surface area (Å²) in [5, 5.41) is 7.09. The van der Waals surface area contributed by atoms with E-state index in [0.717, 1.165) is 20.1 Å². The summed E-state index contributed by atoms with van der Waals surface area (Å²) >= 11 is 6.81. The van der Waals surface area contributed by atoms with E-state index in [2.05, 4.69) is 42.3 Å². The third kappa shape index (κ3) is 4.47. The molecule has 0 spiro atoms. The molecule has 0 unspecified atom stereocenters. The Hall–Kier alpha value is -2.25. The van der Waals surface area contributed by atoms with Crippen LogP contribution in [0.3, 0.4) is 0 Å². The van der Waals surface area contributed by atoms with E-state index in [1.165, 1.54) is 10.7 Å². The summed E-state index contributed by atoms with van der Waals surface area (Å²) in [7, 11) is 0. The molecular formula is C19H15Br2N3O2. The zero-order valence-electron chi connectivity index (χ0n) is 13.9. The Morgan fingerprint density at radius 2 is 1.81 bits per heavy atom. The molecule has 1 aromatic heterocycles. The SMILES string of the molecule is Cc1cc(NC(=O)Cn2nc(-c3ccc(Br)cc3)ccc2=O)ccc1Br. The minimum atomic E-state index is -0.326. The Kier molecular flexibility index (Phi) is 5.68. The molecule has 0 atom stereocenters.